The lowest BCUT2D eigenvalue weighted by Crippen LogP contribution is -2.39. The highest BCUT2D eigenvalue weighted by atomic mass is 19.1. The van der Waals surface area contributed by atoms with E-state index in [2.05, 4.69) is 10.1 Å². The molecular weight excluding hydrogens is 214 g/mol. The van der Waals surface area contributed by atoms with Crippen LogP contribution in [0.2, 0.25) is 0 Å². The summed E-state index contributed by atoms with van der Waals surface area (Å²) in [6.07, 6.45) is 0. The minimum Gasteiger partial charge on any atom is -0.494 e. The third-order valence-electron chi connectivity index (χ3n) is 2.22. The fourth-order valence-corrected chi connectivity index (χ4v) is 1.20. The molecule has 0 amide bonds. The van der Waals surface area contributed by atoms with Crippen LogP contribution >= 0.6 is 0 Å². The van der Waals surface area contributed by atoms with Crippen molar-refractivity contribution in [2.45, 2.75) is 19.4 Å². The summed E-state index contributed by atoms with van der Waals surface area (Å²) < 4.78 is 31.6. The fraction of sp³-hybridized carbons (Fsp3) is 0.455. The summed E-state index contributed by atoms with van der Waals surface area (Å²) >= 11 is 0. The molecule has 0 radical (unpaired) electrons. The second-order valence-corrected chi connectivity index (χ2v) is 4.18. The van der Waals surface area contributed by atoms with Crippen LogP contribution in [0, 0.1) is 11.6 Å². The van der Waals surface area contributed by atoms with Crippen molar-refractivity contribution in [1.82, 2.24) is 0 Å². The molecule has 5 heteroatoms. The van der Waals surface area contributed by atoms with Gasteiger partial charge in [0, 0.05) is 24.2 Å². The molecule has 1 aromatic rings. The van der Waals surface area contributed by atoms with Gasteiger partial charge in [-0.3, -0.25) is 0 Å². The lowest BCUT2D eigenvalue weighted by atomic mass is 10.1. The molecule has 0 atom stereocenters. The predicted molar refractivity (Wildman–Crippen MR) is 59.7 cm³/mol. The van der Waals surface area contributed by atoms with Gasteiger partial charge in [0.05, 0.1) is 12.8 Å². The van der Waals surface area contributed by atoms with Gasteiger partial charge in [-0.2, -0.15) is 0 Å². The third kappa shape index (κ3) is 2.82. The van der Waals surface area contributed by atoms with E-state index in [1.54, 1.807) is 13.8 Å². The third-order valence-corrected chi connectivity index (χ3v) is 2.22. The van der Waals surface area contributed by atoms with Crippen molar-refractivity contribution in [3.63, 3.8) is 0 Å². The van der Waals surface area contributed by atoms with Gasteiger partial charge in [0.1, 0.15) is 5.82 Å². The molecule has 0 aromatic heterocycles. The fourth-order valence-electron chi connectivity index (χ4n) is 1.20. The maximum Gasteiger partial charge on any atom is 0.167 e. The Kier molecular flexibility index (Phi) is 3.70. The maximum atomic E-state index is 13.5. The summed E-state index contributed by atoms with van der Waals surface area (Å²) in [5, 5.41) is 2.83. The molecule has 0 spiro atoms. The van der Waals surface area contributed by atoms with E-state index in [4.69, 9.17) is 5.73 Å². The molecule has 16 heavy (non-hydrogen) atoms. The van der Waals surface area contributed by atoms with Gasteiger partial charge in [-0.1, -0.05) is 0 Å². The molecule has 0 fully saturated rings. The van der Waals surface area contributed by atoms with E-state index in [1.807, 2.05) is 0 Å². The van der Waals surface area contributed by atoms with E-state index in [0.29, 0.717) is 6.54 Å². The highest BCUT2D eigenvalue weighted by Crippen LogP contribution is 2.26. The van der Waals surface area contributed by atoms with Gasteiger partial charge in [-0.15, -0.1) is 0 Å². The quantitative estimate of drug-likeness (QED) is 0.833. The molecule has 0 aliphatic heterocycles. The van der Waals surface area contributed by atoms with Crippen LogP contribution in [0.5, 0.6) is 5.75 Å². The average molecular weight is 230 g/mol. The van der Waals surface area contributed by atoms with Crippen molar-refractivity contribution >= 4 is 5.69 Å². The molecule has 90 valence electrons. The number of anilines is 1. The minimum absolute atomic E-state index is 0.0775. The molecule has 1 aromatic carbocycles. The Bertz CT molecular complexity index is 380. The summed E-state index contributed by atoms with van der Waals surface area (Å²) in [4.78, 5) is 0. The molecule has 0 heterocycles. The van der Waals surface area contributed by atoms with E-state index in [0.717, 1.165) is 12.1 Å². The molecule has 1 rings (SSSR count). The highest BCUT2D eigenvalue weighted by molar-refractivity contribution is 5.50. The van der Waals surface area contributed by atoms with Crippen LogP contribution in [0.15, 0.2) is 12.1 Å². The molecule has 0 saturated heterocycles. The first-order valence-corrected chi connectivity index (χ1v) is 4.91. The minimum atomic E-state index is -0.612. The van der Waals surface area contributed by atoms with Crippen LogP contribution in [-0.2, 0) is 0 Å². The number of hydrogen-bond donors (Lipinski definition) is 2. The lowest BCUT2D eigenvalue weighted by Gasteiger charge is -2.26. The van der Waals surface area contributed by atoms with Crippen molar-refractivity contribution in [1.29, 1.82) is 0 Å². The van der Waals surface area contributed by atoms with Gasteiger partial charge in [0.2, 0.25) is 0 Å². The van der Waals surface area contributed by atoms with Crippen LogP contribution in [0.3, 0.4) is 0 Å². The van der Waals surface area contributed by atoms with Gasteiger partial charge in [-0.05, 0) is 13.8 Å². The average Bonchev–Trinajstić information content (AvgIpc) is 2.22. The first-order chi connectivity index (χ1) is 7.39. The SMILES string of the molecule is COc1cc(F)c(NC(C)(C)CN)cc1F. The number of hydrogen-bond acceptors (Lipinski definition) is 3. The second kappa shape index (κ2) is 4.65. The zero-order valence-electron chi connectivity index (χ0n) is 9.60. The van der Waals surface area contributed by atoms with Crippen molar-refractivity contribution in [3.8, 4) is 5.75 Å². The number of nitrogens with two attached hydrogens (primary N) is 1. The zero-order valence-corrected chi connectivity index (χ0v) is 9.60. The summed E-state index contributed by atoms with van der Waals surface area (Å²) in [7, 11) is 1.29. The van der Waals surface area contributed by atoms with Gasteiger partial charge >= 0.3 is 0 Å². The molecule has 3 N–H and O–H groups in total. The first-order valence-electron chi connectivity index (χ1n) is 4.91. The summed E-state index contributed by atoms with van der Waals surface area (Å²) in [5.74, 6) is -1.30. The van der Waals surface area contributed by atoms with Crippen molar-refractivity contribution in [2.24, 2.45) is 5.73 Å². The Morgan fingerprint density at radius 1 is 1.31 bits per heavy atom. The molecule has 0 bridgehead atoms. The second-order valence-electron chi connectivity index (χ2n) is 4.18. The molecule has 0 saturated carbocycles. The Balaban J connectivity index is 3.02. The number of halogens is 2. The molecule has 3 nitrogen and oxygen atoms in total. The Labute approximate surface area is 93.6 Å². The summed E-state index contributed by atoms with van der Waals surface area (Å²) in [5.41, 5.74) is 5.07. The number of ether oxygens (including phenoxy) is 1. The smallest absolute Gasteiger partial charge is 0.167 e. The van der Waals surface area contributed by atoms with Gasteiger partial charge < -0.3 is 15.8 Å². The van der Waals surface area contributed by atoms with E-state index >= 15 is 0 Å². The maximum absolute atomic E-state index is 13.5. The van der Waals surface area contributed by atoms with Crippen LogP contribution in [0.1, 0.15) is 13.8 Å². The zero-order chi connectivity index (χ0) is 12.3. The van der Waals surface area contributed by atoms with Crippen LogP contribution in [0.25, 0.3) is 0 Å². The van der Waals surface area contributed by atoms with Crippen LogP contribution < -0.4 is 15.8 Å². The van der Waals surface area contributed by atoms with Gasteiger partial charge in [-0.25, -0.2) is 8.78 Å². The van der Waals surface area contributed by atoms with E-state index in [9.17, 15) is 8.78 Å². The van der Waals surface area contributed by atoms with Crippen molar-refractivity contribution in [3.05, 3.63) is 23.8 Å². The van der Waals surface area contributed by atoms with Crippen molar-refractivity contribution < 1.29 is 13.5 Å². The van der Waals surface area contributed by atoms with Gasteiger partial charge in [0.25, 0.3) is 0 Å². The molecular formula is C11H16F2N2O. The lowest BCUT2D eigenvalue weighted by molar-refractivity contribution is 0.383. The summed E-state index contributed by atoms with van der Waals surface area (Å²) in [6.45, 7) is 3.91. The molecule has 0 aliphatic carbocycles. The van der Waals surface area contributed by atoms with Crippen LogP contribution in [-0.4, -0.2) is 19.2 Å². The van der Waals surface area contributed by atoms with Crippen LogP contribution in [0.4, 0.5) is 14.5 Å². The monoisotopic (exact) mass is 230 g/mol. The first kappa shape index (κ1) is 12.7. The topological polar surface area (TPSA) is 47.3 Å². The summed E-state index contributed by atoms with van der Waals surface area (Å²) in [6, 6.07) is 2.07. The Morgan fingerprint density at radius 2 is 1.94 bits per heavy atom. The van der Waals surface area contributed by atoms with E-state index < -0.39 is 17.2 Å². The standard InChI is InChI=1S/C11H16F2N2O/c1-11(2,6-14)15-9-4-8(13)10(16-3)5-7(9)12/h4-5,15H,6,14H2,1-3H3. The van der Waals surface area contributed by atoms with Crippen molar-refractivity contribution in [2.75, 3.05) is 19.0 Å². The molecule has 0 aliphatic rings. The normalized spacial score (nSPS) is 11.4. The predicted octanol–water partition coefficient (Wildman–Crippen LogP) is 2.12. The number of nitrogens with one attached hydrogen (secondary N) is 1. The number of rotatable bonds is 4. The van der Waals surface area contributed by atoms with E-state index in [-0.39, 0.29) is 11.4 Å². The molecule has 0 unspecified atom stereocenters. The highest BCUT2D eigenvalue weighted by Gasteiger charge is 2.18. The Morgan fingerprint density at radius 3 is 2.44 bits per heavy atom. The largest absolute Gasteiger partial charge is 0.494 e. The Hall–Kier alpha value is -1.36. The number of methoxy groups -OCH3 is 1. The van der Waals surface area contributed by atoms with Gasteiger partial charge in [0.15, 0.2) is 11.6 Å². The number of benzene rings is 1. The van der Waals surface area contributed by atoms with E-state index in [1.165, 1.54) is 7.11 Å².